The first-order valence-corrected chi connectivity index (χ1v) is 9.14. The lowest BCUT2D eigenvalue weighted by atomic mass is 10.2. The molecule has 26 heavy (non-hydrogen) atoms. The minimum atomic E-state index is -0.466. The molecule has 0 saturated carbocycles. The maximum Gasteiger partial charge on any atom is 0.266 e. The molecule has 7 heteroatoms. The topological polar surface area (TPSA) is 60.1 Å². The average molecular weight is 366 g/mol. The first-order valence-electron chi connectivity index (χ1n) is 8.09. The van der Waals surface area contributed by atoms with Gasteiger partial charge >= 0.3 is 0 Å². The van der Waals surface area contributed by atoms with E-state index in [1.54, 1.807) is 36.2 Å². The fourth-order valence-electron chi connectivity index (χ4n) is 2.84. The molecule has 0 amide bonds. The van der Waals surface area contributed by atoms with Gasteiger partial charge in [-0.15, -0.1) is 11.8 Å². The van der Waals surface area contributed by atoms with Crippen LogP contribution in [0.1, 0.15) is 11.5 Å². The van der Waals surface area contributed by atoms with Gasteiger partial charge in [-0.1, -0.05) is 6.08 Å². The highest BCUT2D eigenvalue weighted by atomic mass is 32.2. The van der Waals surface area contributed by atoms with Gasteiger partial charge < -0.3 is 0 Å². The Kier molecular flexibility index (Phi) is 4.38. The van der Waals surface area contributed by atoms with E-state index in [9.17, 15) is 9.18 Å². The summed E-state index contributed by atoms with van der Waals surface area (Å²) < 4.78 is 15.1. The summed E-state index contributed by atoms with van der Waals surface area (Å²) in [6.07, 6.45) is 5.39. The molecule has 1 aliphatic heterocycles. The van der Waals surface area contributed by atoms with E-state index in [0.717, 1.165) is 5.75 Å². The Labute approximate surface area is 153 Å². The first kappa shape index (κ1) is 16.7. The van der Waals surface area contributed by atoms with Crippen molar-refractivity contribution in [1.29, 1.82) is 0 Å². The van der Waals surface area contributed by atoms with Crippen molar-refractivity contribution < 1.29 is 4.39 Å². The molecule has 0 bridgehead atoms. The van der Waals surface area contributed by atoms with E-state index in [0.29, 0.717) is 22.7 Å². The van der Waals surface area contributed by atoms with E-state index in [2.05, 4.69) is 15.0 Å². The Morgan fingerprint density at radius 3 is 3.00 bits per heavy atom. The third kappa shape index (κ3) is 3.06. The number of aliphatic imine (C=N–C) groups is 1. The number of halogens is 1. The highest BCUT2D eigenvalue weighted by molar-refractivity contribution is 8.12. The van der Waals surface area contributed by atoms with E-state index < -0.39 is 5.82 Å². The number of nitrogens with zero attached hydrogens (tertiary/aromatic N) is 4. The number of rotatable bonds is 3. The van der Waals surface area contributed by atoms with E-state index in [4.69, 9.17) is 0 Å². The van der Waals surface area contributed by atoms with Gasteiger partial charge in [-0.25, -0.2) is 9.37 Å². The lowest BCUT2D eigenvalue weighted by molar-refractivity contribution is 0.629. The van der Waals surface area contributed by atoms with Gasteiger partial charge in [-0.05, 0) is 43.3 Å². The summed E-state index contributed by atoms with van der Waals surface area (Å²) in [6, 6.07) is 7.67. The third-order valence-corrected chi connectivity index (χ3v) is 4.94. The lowest BCUT2D eigenvalue weighted by Crippen LogP contribution is -2.23. The van der Waals surface area contributed by atoms with Gasteiger partial charge in [0.05, 0.1) is 33.9 Å². The van der Waals surface area contributed by atoms with Crippen LogP contribution in [0.2, 0.25) is 0 Å². The summed E-state index contributed by atoms with van der Waals surface area (Å²) in [5, 5.41) is 0.236. The third-order valence-electron chi connectivity index (χ3n) is 4.14. The highest BCUT2D eigenvalue weighted by Crippen LogP contribution is 2.18. The molecule has 1 aromatic carbocycles. The number of pyridine rings is 1. The van der Waals surface area contributed by atoms with Crippen LogP contribution in [0, 0.1) is 12.7 Å². The molecule has 130 valence electrons. The van der Waals surface area contributed by atoms with E-state index in [1.165, 1.54) is 22.8 Å². The predicted octanol–water partition coefficient (Wildman–Crippen LogP) is 3.39. The SMILES string of the molecule is Cc1ncccc1-n1c(/C=C/[C@H]2CSC=N2)nc2ccc(F)cc2c1=O. The van der Waals surface area contributed by atoms with Crippen molar-refractivity contribution in [2.75, 3.05) is 5.75 Å². The first-order chi connectivity index (χ1) is 12.6. The largest absolute Gasteiger partial charge is 0.278 e. The van der Waals surface area contributed by atoms with Gasteiger partial charge in [0.15, 0.2) is 0 Å². The van der Waals surface area contributed by atoms with E-state index in [-0.39, 0.29) is 17.0 Å². The maximum absolute atomic E-state index is 13.7. The Hall–Kier alpha value is -2.80. The van der Waals surface area contributed by atoms with Crippen molar-refractivity contribution in [3.63, 3.8) is 0 Å². The Morgan fingerprint density at radius 1 is 1.35 bits per heavy atom. The molecule has 0 N–H and O–H groups in total. The fraction of sp³-hybridized carbons (Fsp3) is 0.158. The summed E-state index contributed by atoms with van der Waals surface area (Å²) in [4.78, 5) is 26.3. The zero-order chi connectivity index (χ0) is 18.1. The molecule has 0 radical (unpaired) electrons. The van der Waals surface area contributed by atoms with Crippen molar-refractivity contribution in [2.45, 2.75) is 13.0 Å². The van der Waals surface area contributed by atoms with Crippen LogP contribution in [0.25, 0.3) is 22.7 Å². The van der Waals surface area contributed by atoms with Crippen LogP contribution in [0.5, 0.6) is 0 Å². The molecule has 0 unspecified atom stereocenters. The van der Waals surface area contributed by atoms with Crippen LogP contribution in [-0.4, -0.2) is 31.9 Å². The van der Waals surface area contributed by atoms with Gasteiger partial charge in [-0.2, -0.15) is 0 Å². The number of hydrogen-bond acceptors (Lipinski definition) is 5. The van der Waals surface area contributed by atoms with Crippen molar-refractivity contribution in [2.24, 2.45) is 4.99 Å². The molecular weight excluding hydrogens is 351 g/mol. The van der Waals surface area contributed by atoms with Crippen molar-refractivity contribution in [3.8, 4) is 5.69 Å². The van der Waals surface area contributed by atoms with Gasteiger partial charge in [0.1, 0.15) is 11.6 Å². The van der Waals surface area contributed by atoms with Crippen molar-refractivity contribution in [1.82, 2.24) is 14.5 Å². The van der Waals surface area contributed by atoms with Gasteiger partial charge in [0, 0.05) is 11.9 Å². The quantitative estimate of drug-likeness (QED) is 0.713. The van der Waals surface area contributed by atoms with Crippen molar-refractivity contribution in [3.05, 3.63) is 70.3 Å². The number of thioether (sulfide) groups is 1. The van der Waals surface area contributed by atoms with Gasteiger partial charge in [0.2, 0.25) is 0 Å². The Bertz CT molecular complexity index is 1110. The molecule has 2 aromatic heterocycles. The smallest absolute Gasteiger partial charge is 0.266 e. The summed E-state index contributed by atoms with van der Waals surface area (Å²) in [5.74, 6) is 0.870. The average Bonchev–Trinajstić information content (AvgIpc) is 3.15. The van der Waals surface area contributed by atoms with Crippen LogP contribution in [0.4, 0.5) is 4.39 Å². The van der Waals surface area contributed by atoms with Crippen LogP contribution >= 0.6 is 11.8 Å². The molecule has 3 heterocycles. The zero-order valence-corrected chi connectivity index (χ0v) is 14.8. The molecule has 0 aliphatic carbocycles. The molecule has 4 rings (SSSR count). The van der Waals surface area contributed by atoms with Crippen molar-refractivity contribution >= 4 is 34.3 Å². The van der Waals surface area contributed by atoms with Crippen LogP contribution in [0.15, 0.2) is 52.4 Å². The summed E-state index contributed by atoms with van der Waals surface area (Å²) in [5.41, 5.74) is 3.27. The molecule has 0 fully saturated rings. The summed E-state index contributed by atoms with van der Waals surface area (Å²) in [6.45, 7) is 1.82. The molecule has 5 nitrogen and oxygen atoms in total. The molecule has 1 aliphatic rings. The Morgan fingerprint density at radius 2 is 2.23 bits per heavy atom. The zero-order valence-electron chi connectivity index (χ0n) is 14.0. The van der Waals surface area contributed by atoms with Crippen LogP contribution < -0.4 is 5.56 Å². The van der Waals surface area contributed by atoms with Crippen LogP contribution in [0.3, 0.4) is 0 Å². The normalized spacial score (nSPS) is 16.8. The molecule has 0 saturated heterocycles. The van der Waals surface area contributed by atoms with E-state index >= 15 is 0 Å². The summed E-state index contributed by atoms with van der Waals surface area (Å²) in [7, 11) is 0. The minimum Gasteiger partial charge on any atom is -0.278 e. The second kappa shape index (κ2) is 6.84. The Balaban J connectivity index is 1.97. The minimum absolute atomic E-state index is 0.0595. The second-order valence-electron chi connectivity index (χ2n) is 5.89. The van der Waals surface area contributed by atoms with Gasteiger partial charge in [0.25, 0.3) is 5.56 Å². The number of hydrogen-bond donors (Lipinski definition) is 0. The molecular formula is C19H15FN4OS. The highest BCUT2D eigenvalue weighted by Gasteiger charge is 2.15. The second-order valence-corrected chi connectivity index (χ2v) is 6.77. The monoisotopic (exact) mass is 366 g/mol. The number of fused-ring (bicyclic) bond motifs is 1. The number of aryl methyl sites for hydroxylation is 1. The summed E-state index contributed by atoms with van der Waals surface area (Å²) >= 11 is 1.64. The number of aromatic nitrogens is 3. The van der Waals surface area contributed by atoms with Gasteiger partial charge in [-0.3, -0.25) is 19.3 Å². The van der Waals surface area contributed by atoms with E-state index in [1.807, 2.05) is 18.5 Å². The molecule has 1 atom stereocenters. The fourth-order valence-corrected chi connectivity index (χ4v) is 3.56. The molecule has 0 spiro atoms. The maximum atomic E-state index is 13.7. The van der Waals surface area contributed by atoms with Crippen LogP contribution in [-0.2, 0) is 0 Å². The lowest BCUT2D eigenvalue weighted by Gasteiger charge is -2.13. The molecule has 3 aromatic rings. The number of benzene rings is 1. The predicted molar refractivity (Wildman–Crippen MR) is 104 cm³/mol. The standard InChI is InChI=1S/C19H15FN4OS/c1-12-17(3-2-8-21-12)24-18(7-5-14-10-26-11-22-14)23-16-6-4-13(20)9-15(16)19(24)25/h2-9,11,14H,10H2,1H3/b7-5+/t14-/m0/s1.